The molecule has 1 aliphatic carbocycles. The first-order chi connectivity index (χ1) is 8.08. The summed E-state index contributed by atoms with van der Waals surface area (Å²) in [6.45, 7) is 9.04. The van der Waals surface area contributed by atoms with E-state index in [0.29, 0.717) is 5.92 Å². The van der Waals surface area contributed by atoms with E-state index in [2.05, 4.69) is 43.4 Å². The quantitative estimate of drug-likeness (QED) is 0.390. The average molecular weight is 354 g/mol. The fourth-order valence-corrected chi connectivity index (χ4v) is 3.22. The highest BCUT2D eigenvalue weighted by Crippen LogP contribution is 2.36. The topological polar surface area (TPSA) is 18.5 Å². The van der Waals surface area contributed by atoms with Crippen molar-refractivity contribution in [3.05, 3.63) is 0 Å². The van der Waals surface area contributed by atoms with Gasteiger partial charge in [0.15, 0.2) is 0 Å². The molecule has 0 aliphatic heterocycles. The summed E-state index contributed by atoms with van der Waals surface area (Å²) in [4.78, 5) is 0. The Kier molecular flexibility index (Phi) is 7.34. The largest absolute Gasteiger partial charge is 0.379 e. The van der Waals surface area contributed by atoms with Crippen LogP contribution in [0.4, 0.5) is 0 Å². The molecule has 0 atom stereocenters. The molecule has 1 saturated carbocycles. The summed E-state index contributed by atoms with van der Waals surface area (Å²) in [5, 5.41) is 0. The molecule has 2 nitrogen and oxygen atoms in total. The molecule has 0 saturated heterocycles. The number of ether oxygens (including phenoxy) is 2. The Bertz CT molecular complexity index is 198. The molecule has 0 aromatic carbocycles. The zero-order valence-electron chi connectivity index (χ0n) is 11.5. The second-order valence-corrected chi connectivity index (χ2v) is 6.58. The van der Waals surface area contributed by atoms with Gasteiger partial charge in [0.25, 0.3) is 0 Å². The number of hydrogen-bond acceptors (Lipinski definition) is 2. The molecule has 0 unspecified atom stereocenters. The van der Waals surface area contributed by atoms with Crippen molar-refractivity contribution in [3.8, 4) is 0 Å². The zero-order chi connectivity index (χ0) is 12.7. The van der Waals surface area contributed by atoms with Crippen LogP contribution in [0, 0.1) is 11.8 Å². The Morgan fingerprint density at radius 2 is 1.88 bits per heavy atom. The van der Waals surface area contributed by atoms with Gasteiger partial charge in [-0.15, -0.1) is 0 Å². The van der Waals surface area contributed by atoms with E-state index in [4.69, 9.17) is 9.47 Å². The van der Waals surface area contributed by atoms with Gasteiger partial charge >= 0.3 is 0 Å². The van der Waals surface area contributed by atoms with Gasteiger partial charge in [-0.1, -0.05) is 43.4 Å². The lowest BCUT2D eigenvalue weighted by Crippen LogP contribution is -2.39. The summed E-state index contributed by atoms with van der Waals surface area (Å²) in [5.74, 6) is 1.50. The molecule has 102 valence electrons. The molecule has 1 aliphatic rings. The minimum atomic E-state index is 0.147. The fraction of sp³-hybridized carbons (Fsp3) is 1.00. The molecule has 0 heterocycles. The van der Waals surface area contributed by atoms with Crippen molar-refractivity contribution in [2.45, 2.75) is 52.1 Å². The van der Waals surface area contributed by atoms with Crippen LogP contribution in [0.25, 0.3) is 0 Å². The molecule has 0 aromatic heterocycles. The predicted octanol–water partition coefficient (Wildman–Crippen LogP) is 4.06. The summed E-state index contributed by atoms with van der Waals surface area (Å²) < 4.78 is 12.8. The van der Waals surface area contributed by atoms with Crippen LogP contribution in [-0.4, -0.2) is 29.8 Å². The third-order valence-electron chi connectivity index (χ3n) is 3.52. The second kappa shape index (κ2) is 7.95. The van der Waals surface area contributed by atoms with Gasteiger partial charge in [0.1, 0.15) is 0 Å². The number of hydrogen-bond donors (Lipinski definition) is 0. The molecule has 0 amide bonds. The first-order valence-electron chi connectivity index (χ1n) is 6.85. The lowest BCUT2D eigenvalue weighted by Gasteiger charge is -2.38. The van der Waals surface area contributed by atoms with Gasteiger partial charge in [-0.05, 0) is 37.5 Å². The van der Waals surface area contributed by atoms with E-state index < -0.39 is 0 Å². The lowest BCUT2D eigenvalue weighted by molar-refractivity contribution is -0.0782. The first-order valence-corrected chi connectivity index (χ1v) is 8.38. The highest BCUT2D eigenvalue weighted by atomic mass is 127. The van der Waals surface area contributed by atoms with Crippen LogP contribution in [0.3, 0.4) is 0 Å². The Labute approximate surface area is 120 Å². The van der Waals surface area contributed by atoms with Gasteiger partial charge in [0, 0.05) is 11.0 Å². The van der Waals surface area contributed by atoms with Gasteiger partial charge in [0.05, 0.1) is 18.8 Å². The Hall–Kier alpha value is 0.650. The highest BCUT2D eigenvalue weighted by molar-refractivity contribution is 14.1. The van der Waals surface area contributed by atoms with E-state index in [-0.39, 0.29) is 5.60 Å². The zero-order valence-corrected chi connectivity index (χ0v) is 13.7. The van der Waals surface area contributed by atoms with E-state index >= 15 is 0 Å². The molecular weight excluding hydrogens is 327 g/mol. The van der Waals surface area contributed by atoms with E-state index in [1.54, 1.807) is 0 Å². The van der Waals surface area contributed by atoms with Crippen LogP contribution in [0.1, 0.15) is 46.5 Å². The first kappa shape index (κ1) is 15.7. The summed E-state index contributed by atoms with van der Waals surface area (Å²) in [6, 6.07) is 0. The SMILES string of the molecule is CC(C)COCCOC1(CI)CCC(C)CC1. The number of rotatable bonds is 7. The normalized spacial score (nSPS) is 29.8. The van der Waals surface area contributed by atoms with Crippen molar-refractivity contribution >= 4 is 22.6 Å². The van der Waals surface area contributed by atoms with Crippen LogP contribution in [0.5, 0.6) is 0 Å². The molecule has 1 rings (SSSR count). The molecule has 0 spiro atoms. The summed E-state index contributed by atoms with van der Waals surface area (Å²) in [6.07, 6.45) is 5.08. The van der Waals surface area contributed by atoms with Gasteiger partial charge in [-0.2, -0.15) is 0 Å². The highest BCUT2D eigenvalue weighted by Gasteiger charge is 2.33. The van der Waals surface area contributed by atoms with Crippen molar-refractivity contribution in [3.63, 3.8) is 0 Å². The van der Waals surface area contributed by atoms with Crippen LogP contribution >= 0.6 is 22.6 Å². The maximum atomic E-state index is 6.12. The average Bonchev–Trinajstić information content (AvgIpc) is 2.31. The van der Waals surface area contributed by atoms with E-state index in [1.165, 1.54) is 25.7 Å². The summed E-state index contributed by atoms with van der Waals surface area (Å²) in [5.41, 5.74) is 0.147. The van der Waals surface area contributed by atoms with Crippen molar-refractivity contribution in [2.75, 3.05) is 24.2 Å². The van der Waals surface area contributed by atoms with Crippen LogP contribution in [0.15, 0.2) is 0 Å². The van der Waals surface area contributed by atoms with Gasteiger partial charge in [-0.3, -0.25) is 0 Å². The summed E-state index contributed by atoms with van der Waals surface area (Å²) >= 11 is 2.47. The van der Waals surface area contributed by atoms with E-state index in [0.717, 1.165) is 30.2 Å². The third kappa shape index (κ3) is 5.88. The van der Waals surface area contributed by atoms with Crippen molar-refractivity contribution in [2.24, 2.45) is 11.8 Å². The second-order valence-electron chi connectivity index (χ2n) is 5.82. The maximum Gasteiger partial charge on any atom is 0.0772 e. The Balaban J connectivity index is 2.18. The minimum absolute atomic E-state index is 0.147. The molecule has 0 bridgehead atoms. The molecular formula is C14H27IO2. The Morgan fingerprint density at radius 1 is 1.24 bits per heavy atom. The molecule has 3 heteroatoms. The monoisotopic (exact) mass is 354 g/mol. The van der Waals surface area contributed by atoms with Crippen LogP contribution in [-0.2, 0) is 9.47 Å². The lowest BCUT2D eigenvalue weighted by atomic mass is 9.80. The van der Waals surface area contributed by atoms with Crippen molar-refractivity contribution < 1.29 is 9.47 Å². The number of halogens is 1. The molecule has 17 heavy (non-hydrogen) atoms. The molecule has 0 aromatic rings. The van der Waals surface area contributed by atoms with Gasteiger partial charge in [0.2, 0.25) is 0 Å². The minimum Gasteiger partial charge on any atom is -0.379 e. The summed E-state index contributed by atoms with van der Waals surface area (Å²) in [7, 11) is 0. The van der Waals surface area contributed by atoms with E-state index in [9.17, 15) is 0 Å². The van der Waals surface area contributed by atoms with E-state index in [1.807, 2.05) is 0 Å². The fourth-order valence-electron chi connectivity index (χ4n) is 2.24. The van der Waals surface area contributed by atoms with Crippen molar-refractivity contribution in [1.82, 2.24) is 0 Å². The van der Waals surface area contributed by atoms with Gasteiger partial charge in [-0.25, -0.2) is 0 Å². The smallest absolute Gasteiger partial charge is 0.0772 e. The molecule has 0 radical (unpaired) electrons. The third-order valence-corrected chi connectivity index (χ3v) is 4.91. The predicted molar refractivity (Wildman–Crippen MR) is 80.9 cm³/mol. The van der Waals surface area contributed by atoms with Crippen LogP contribution in [0.2, 0.25) is 0 Å². The Morgan fingerprint density at radius 3 is 2.41 bits per heavy atom. The molecule has 0 N–H and O–H groups in total. The number of alkyl halides is 1. The standard InChI is InChI=1S/C14H27IO2/c1-12(2)10-16-8-9-17-14(11-15)6-4-13(3)5-7-14/h12-13H,4-11H2,1-3H3. The van der Waals surface area contributed by atoms with Crippen molar-refractivity contribution in [1.29, 1.82) is 0 Å². The van der Waals surface area contributed by atoms with Gasteiger partial charge < -0.3 is 9.47 Å². The maximum absolute atomic E-state index is 6.12. The molecule has 1 fully saturated rings. The van der Waals surface area contributed by atoms with Crippen LogP contribution < -0.4 is 0 Å².